The minimum absolute atomic E-state index is 0.121. The van der Waals surface area contributed by atoms with Crippen LogP contribution < -0.4 is 0 Å². The molecule has 0 heterocycles. The Labute approximate surface area is 138 Å². The molecule has 128 valence electrons. The van der Waals surface area contributed by atoms with Gasteiger partial charge in [-0.2, -0.15) is 0 Å². The fraction of sp³-hybridized carbons (Fsp3) is 0.588. The largest absolute Gasteiger partial charge is 0.469 e. The molecule has 0 amide bonds. The summed E-state index contributed by atoms with van der Waals surface area (Å²) >= 11 is 0. The number of nitrogens with zero attached hydrogens (tertiary/aromatic N) is 1. The normalized spacial score (nSPS) is 16.3. The van der Waals surface area contributed by atoms with Crippen molar-refractivity contribution in [2.75, 3.05) is 26.5 Å². The van der Waals surface area contributed by atoms with Crippen molar-refractivity contribution in [3.63, 3.8) is 0 Å². The molecular formula is C17H25NO4S. The Balaban J connectivity index is 1.86. The summed E-state index contributed by atoms with van der Waals surface area (Å²) in [5.74, 6) is -0.349. The molecule has 0 saturated heterocycles. The molecule has 0 aromatic heterocycles. The van der Waals surface area contributed by atoms with Crippen LogP contribution in [0.5, 0.6) is 0 Å². The molecule has 2 rings (SSSR count). The summed E-state index contributed by atoms with van der Waals surface area (Å²) in [6.45, 7) is 1.82. The predicted molar refractivity (Wildman–Crippen MR) is 89.6 cm³/mol. The highest BCUT2D eigenvalue weighted by Crippen LogP contribution is 2.29. The zero-order valence-corrected chi connectivity index (χ0v) is 14.8. The quantitative estimate of drug-likeness (QED) is 0.711. The lowest BCUT2D eigenvalue weighted by molar-refractivity contribution is -0.144. The second kappa shape index (κ2) is 7.45. The van der Waals surface area contributed by atoms with E-state index in [1.807, 2.05) is 12.1 Å². The van der Waals surface area contributed by atoms with Crippen molar-refractivity contribution in [3.8, 4) is 0 Å². The summed E-state index contributed by atoms with van der Waals surface area (Å²) in [5.41, 5.74) is 2.67. The van der Waals surface area contributed by atoms with Gasteiger partial charge in [-0.25, -0.2) is 12.7 Å². The molecule has 1 atom stereocenters. The van der Waals surface area contributed by atoms with Crippen LogP contribution in [0.25, 0.3) is 0 Å². The van der Waals surface area contributed by atoms with Gasteiger partial charge in [-0.3, -0.25) is 4.79 Å². The topological polar surface area (TPSA) is 63.7 Å². The lowest BCUT2D eigenvalue weighted by Crippen LogP contribution is -2.36. The van der Waals surface area contributed by atoms with E-state index in [9.17, 15) is 13.2 Å². The van der Waals surface area contributed by atoms with Crippen LogP contribution in [0.4, 0.5) is 0 Å². The molecule has 1 aromatic carbocycles. The molecule has 1 aliphatic rings. The van der Waals surface area contributed by atoms with Crippen LogP contribution in [-0.4, -0.2) is 45.1 Å². The minimum atomic E-state index is -3.35. The van der Waals surface area contributed by atoms with Crippen LogP contribution in [0.3, 0.4) is 0 Å². The molecule has 1 unspecified atom stereocenters. The van der Waals surface area contributed by atoms with Crippen LogP contribution >= 0.6 is 0 Å². The molecule has 23 heavy (non-hydrogen) atoms. The van der Waals surface area contributed by atoms with Gasteiger partial charge in [-0.1, -0.05) is 31.2 Å². The fourth-order valence-corrected chi connectivity index (χ4v) is 4.49. The molecule has 0 saturated carbocycles. The number of ether oxygens (including phenoxy) is 1. The first-order valence-electron chi connectivity index (χ1n) is 7.92. The third kappa shape index (κ3) is 4.54. The predicted octanol–water partition coefficient (Wildman–Crippen LogP) is 1.86. The van der Waals surface area contributed by atoms with E-state index < -0.39 is 21.9 Å². The van der Waals surface area contributed by atoms with Gasteiger partial charge in [-0.15, -0.1) is 0 Å². The number of methoxy groups -OCH3 is 1. The minimum Gasteiger partial charge on any atom is -0.469 e. The number of benzene rings is 1. The van der Waals surface area contributed by atoms with Crippen LogP contribution in [-0.2, 0) is 32.4 Å². The maximum absolute atomic E-state index is 12.4. The first-order valence-corrected chi connectivity index (χ1v) is 9.53. The molecule has 6 heteroatoms. The van der Waals surface area contributed by atoms with E-state index >= 15 is 0 Å². The maximum atomic E-state index is 12.4. The molecule has 0 aliphatic heterocycles. The number of carbonyl (C=O) groups excluding carboxylic acids is 1. The van der Waals surface area contributed by atoms with Crippen LogP contribution in [0, 0.1) is 11.8 Å². The van der Waals surface area contributed by atoms with Gasteiger partial charge in [0.15, 0.2) is 0 Å². The molecule has 0 bridgehead atoms. The summed E-state index contributed by atoms with van der Waals surface area (Å²) in [4.78, 5) is 11.4. The summed E-state index contributed by atoms with van der Waals surface area (Å²) in [7, 11) is -0.510. The first kappa shape index (κ1) is 17.9. The molecule has 0 fully saturated rings. The van der Waals surface area contributed by atoms with Crippen molar-refractivity contribution in [2.45, 2.75) is 26.2 Å². The fourth-order valence-electron chi connectivity index (χ4n) is 3.10. The van der Waals surface area contributed by atoms with Gasteiger partial charge in [0.25, 0.3) is 0 Å². The van der Waals surface area contributed by atoms with E-state index in [1.54, 1.807) is 6.92 Å². The third-order valence-corrected chi connectivity index (χ3v) is 6.38. The molecule has 0 N–H and O–H groups in total. The van der Waals surface area contributed by atoms with Gasteiger partial charge < -0.3 is 4.74 Å². The Morgan fingerprint density at radius 1 is 1.30 bits per heavy atom. The van der Waals surface area contributed by atoms with Gasteiger partial charge in [0, 0.05) is 13.6 Å². The highest BCUT2D eigenvalue weighted by atomic mass is 32.2. The smallest absolute Gasteiger partial charge is 0.309 e. The third-order valence-electron chi connectivity index (χ3n) is 4.53. The number of fused-ring (bicyclic) bond motifs is 1. The van der Waals surface area contributed by atoms with Crippen LogP contribution in [0.2, 0.25) is 0 Å². The lowest BCUT2D eigenvalue weighted by atomic mass is 10.0. The second-order valence-electron chi connectivity index (χ2n) is 6.35. The van der Waals surface area contributed by atoms with E-state index in [-0.39, 0.29) is 12.3 Å². The van der Waals surface area contributed by atoms with Crippen molar-refractivity contribution in [1.29, 1.82) is 0 Å². The van der Waals surface area contributed by atoms with E-state index in [4.69, 9.17) is 0 Å². The Hall–Kier alpha value is -1.40. The number of rotatable bonds is 7. The monoisotopic (exact) mass is 339 g/mol. The van der Waals surface area contributed by atoms with Gasteiger partial charge in [-0.05, 0) is 36.3 Å². The molecular weight excluding hydrogens is 314 g/mol. The molecule has 0 spiro atoms. The average Bonchev–Trinajstić information content (AvgIpc) is 2.95. The van der Waals surface area contributed by atoms with Crippen molar-refractivity contribution >= 4 is 16.0 Å². The number of hydrogen-bond donors (Lipinski definition) is 0. The highest BCUT2D eigenvalue weighted by Gasteiger charge is 2.27. The SMILES string of the molecule is COC(=O)C(C)CN(C)S(=O)(=O)CCC1Cc2ccccc2C1. The molecule has 1 aromatic rings. The Morgan fingerprint density at radius 3 is 2.39 bits per heavy atom. The number of hydrogen-bond acceptors (Lipinski definition) is 4. The summed E-state index contributed by atoms with van der Waals surface area (Å²) < 4.78 is 30.7. The molecule has 0 radical (unpaired) electrons. The van der Waals surface area contributed by atoms with E-state index in [1.165, 1.54) is 29.6 Å². The molecule has 1 aliphatic carbocycles. The van der Waals surface area contributed by atoms with Crippen molar-refractivity contribution < 1.29 is 17.9 Å². The lowest BCUT2D eigenvalue weighted by Gasteiger charge is -2.20. The zero-order valence-electron chi connectivity index (χ0n) is 14.0. The van der Waals surface area contributed by atoms with Gasteiger partial charge >= 0.3 is 5.97 Å². The Kier molecular flexibility index (Phi) is 5.81. The van der Waals surface area contributed by atoms with E-state index in [2.05, 4.69) is 16.9 Å². The standard InChI is InChI=1S/C17H25NO4S/c1-13(17(19)22-3)12-18(2)23(20,21)9-8-14-10-15-6-4-5-7-16(15)11-14/h4-7,13-14H,8-12H2,1-3H3. The van der Waals surface area contributed by atoms with Gasteiger partial charge in [0.05, 0.1) is 18.8 Å². The Morgan fingerprint density at radius 2 is 1.87 bits per heavy atom. The van der Waals surface area contributed by atoms with Crippen LogP contribution in [0.1, 0.15) is 24.5 Å². The van der Waals surface area contributed by atoms with Gasteiger partial charge in [0.2, 0.25) is 10.0 Å². The highest BCUT2D eigenvalue weighted by molar-refractivity contribution is 7.89. The van der Waals surface area contributed by atoms with Crippen LogP contribution in [0.15, 0.2) is 24.3 Å². The zero-order chi connectivity index (χ0) is 17.0. The first-order chi connectivity index (χ1) is 10.8. The Bertz CT molecular complexity index is 631. The number of esters is 1. The summed E-state index contributed by atoms with van der Waals surface area (Å²) in [6.07, 6.45) is 2.55. The average molecular weight is 339 g/mol. The number of carbonyl (C=O) groups is 1. The van der Waals surface area contributed by atoms with Crippen molar-refractivity contribution in [3.05, 3.63) is 35.4 Å². The van der Waals surface area contributed by atoms with Crippen molar-refractivity contribution in [2.24, 2.45) is 11.8 Å². The summed E-state index contributed by atoms with van der Waals surface area (Å²) in [6, 6.07) is 8.29. The second-order valence-corrected chi connectivity index (χ2v) is 8.55. The molecule has 5 nitrogen and oxygen atoms in total. The van der Waals surface area contributed by atoms with E-state index in [0.29, 0.717) is 12.3 Å². The van der Waals surface area contributed by atoms with Crippen molar-refractivity contribution in [1.82, 2.24) is 4.31 Å². The van der Waals surface area contributed by atoms with Gasteiger partial charge in [0.1, 0.15) is 0 Å². The number of sulfonamides is 1. The maximum Gasteiger partial charge on any atom is 0.309 e. The van der Waals surface area contributed by atoms with E-state index in [0.717, 1.165) is 12.8 Å². The summed E-state index contributed by atoms with van der Waals surface area (Å²) in [5, 5.41) is 0.